The molecule has 0 saturated carbocycles. The minimum Gasteiger partial charge on any atom is -0.480 e. The highest BCUT2D eigenvalue weighted by Gasteiger charge is 2.24. The third kappa shape index (κ3) is 3.48. The largest absolute Gasteiger partial charge is 0.480 e. The highest BCUT2D eigenvalue weighted by molar-refractivity contribution is 5.73. The van der Waals surface area contributed by atoms with Crippen molar-refractivity contribution in [3.05, 3.63) is 35.4 Å². The number of nitrogens with two attached hydrogens (primary N) is 1. The topological polar surface area (TPSA) is 66.6 Å². The van der Waals surface area contributed by atoms with Gasteiger partial charge in [0, 0.05) is 11.6 Å². The monoisotopic (exact) mass is 258 g/mol. The maximum Gasteiger partial charge on any atom is 0.320 e. The van der Waals surface area contributed by atoms with Crippen LogP contribution in [0, 0.1) is 11.6 Å². The Labute approximate surface area is 104 Å². The molecule has 0 aliphatic heterocycles. The van der Waals surface area contributed by atoms with E-state index in [-0.39, 0.29) is 12.0 Å². The minimum absolute atomic E-state index is 0.00269. The van der Waals surface area contributed by atoms with E-state index in [0.717, 1.165) is 18.2 Å². The van der Waals surface area contributed by atoms with Crippen molar-refractivity contribution in [2.45, 2.75) is 18.5 Å². The summed E-state index contributed by atoms with van der Waals surface area (Å²) in [5.41, 5.74) is 5.55. The fourth-order valence-electron chi connectivity index (χ4n) is 1.73. The zero-order valence-electron chi connectivity index (χ0n) is 10.2. The van der Waals surface area contributed by atoms with Crippen LogP contribution in [-0.2, 0) is 4.79 Å². The van der Waals surface area contributed by atoms with Crippen LogP contribution >= 0.6 is 0 Å². The number of hydrogen-bond donors (Lipinski definition) is 2. The molecule has 1 aromatic rings. The summed E-state index contributed by atoms with van der Waals surface area (Å²) in [6.45, 7) is 0. The number of rotatable bonds is 5. The van der Waals surface area contributed by atoms with E-state index in [1.165, 1.54) is 0 Å². The number of halogens is 2. The highest BCUT2D eigenvalue weighted by Crippen LogP contribution is 2.26. The van der Waals surface area contributed by atoms with Gasteiger partial charge in [-0.25, -0.2) is 8.78 Å². The lowest BCUT2D eigenvalue weighted by Gasteiger charge is -2.26. The molecule has 0 bridgehead atoms. The standard InChI is InChI=1S/C12H16F2N2O2/c1-16(2)11(6-10(15)12(17)18)8-5-7(13)3-4-9(8)14/h3-5,10-11H,6,15H2,1-2H3,(H,17,18). The Morgan fingerprint density at radius 1 is 1.44 bits per heavy atom. The fourth-order valence-corrected chi connectivity index (χ4v) is 1.73. The zero-order chi connectivity index (χ0) is 13.9. The second-order valence-corrected chi connectivity index (χ2v) is 4.33. The molecule has 0 heterocycles. The first kappa shape index (κ1) is 14.5. The van der Waals surface area contributed by atoms with Gasteiger partial charge in [0.15, 0.2) is 0 Å². The van der Waals surface area contributed by atoms with Crippen LogP contribution in [0.15, 0.2) is 18.2 Å². The molecule has 0 radical (unpaired) electrons. The molecule has 100 valence electrons. The highest BCUT2D eigenvalue weighted by atomic mass is 19.1. The van der Waals surface area contributed by atoms with Crippen LogP contribution in [0.1, 0.15) is 18.0 Å². The van der Waals surface area contributed by atoms with Crippen molar-refractivity contribution in [3.63, 3.8) is 0 Å². The molecule has 0 amide bonds. The van der Waals surface area contributed by atoms with Gasteiger partial charge in [0.1, 0.15) is 17.7 Å². The van der Waals surface area contributed by atoms with Gasteiger partial charge in [-0.05, 0) is 38.7 Å². The molecule has 3 N–H and O–H groups in total. The summed E-state index contributed by atoms with van der Waals surface area (Å²) in [6, 6.07) is 1.39. The summed E-state index contributed by atoms with van der Waals surface area (Å²) in [6.07, 6.45) is 0.00269. The Hall–Kier alpha value is -1.53. The van der Waals surface area contributed by atoms with Crippen LogP contribution in [0.2, 0.25) is 0 Å². The molecule has 6 heteroatoms. The summed E-state index contributed by atoms with van der Waals surface area (Å²) in [5.74, 6) is -2.31. The van der Waals surface area contributed by atoms with Crippen LogP contribution in [-0.4, -0.2) is 36.1 Å². The van der Waals surface area contributed by atoms with Crippen LogP contribution < -0.4 is 5.73 Å². The average molecular weight is 258 g/mol. The molecule has 1 aromatic carbocycles. The Balaban J connectivity index is 3.04. The molecule has 1 rings (SSSR count). The average Bonchev–Trinajstić information content (AvgIpc) is 2.28. The van der Waals surface area contributed by atoms with Gasteiger partial charge in [0.25, 0.3) is 0 Å². The maximum atomic E-state index is 13.6. The van der Waals surface area contributed by atoms with Crippen LogP contribution in [0.5, 0.6) is 0 Å². The van der Waals surface area contributed by atoms with Gasteiger partial charge in [0.05, 0.1) is 0 Å². The first-order valence-electron chi connectivity index (χ1n) is 5.42. The predicted octanol–water partition coefficient (Wildman–Crippen LogP) is 1.37. The van der Waals surface area contributed by atoms with E-state index in [2.05, 4.69) is 0 Å². The lowest BCUT2D eigenvalue weighted by Crippen LogP contribution is -2.35. The van der Waals surface area contributed by atoms with Crippen molar-refractivity contribution in [3.8, 4) is 0 Å². The summed E-state index contributed by atoms with van der Waals surface area (Å²) >= 11 is 0. The van der Waals surface area contributed by atoms with Gasteiger partial charge in [-0.3, -0.25) is 4.79 Å². The molecule has 0 aliphatic rings. The first-order chi connectivity index (χ1) is 8.32. The number of carbonyl (C=O) groups is 1. The van der Waals surface area contributed by atoms with Gasteiger partial charge < -0.3 is 15.7 Å². The van der Waals surface area contributed by atoms with E-state index in [0.29, 0.717) is 0 Å². The van der Waals surface area contributed by atoms with Crippen molar-refractivity contribution >= 4 is 5.97 Å². The minimum atomic E-state index is -1.17. The van der Waals surface area contributed by atoms with Gasteiger partial charge in [-0.1, -0.05) is 0 Å². The van der Waals surface area contributed by atoms with Crippen molar-refractivity contribution in [1.29, 1.82) is 0 Å². The molecule has 0 saturated heterocycles. The maximum absolute atomic E-state index is 13.6. The number of carboxylic acid groups (broad SMARTS) is 1. The lowest BCUT2D eigenvalue weighted by atomic mass is 9.98. The lowest BCUT2D eigenvalue weighted by molar-refractivity contribution is -0.139. The van der Waals surface area contributed by atoms with E-state index in [9.17, 15) is 13.6 Å². The van der Waals surface area contributed by atoms with Gasteiger partial charge >= 0.3 is 5.97 Å². The molecule has 0 aromatic heterocycles. The summed E-state index contributed by atoms with van der Waals surface area (Å²) < 4.78 is 26.8. The fraction of sp³-hybridized carbons (Fsp3) is 0.417. The van der Waals surface area contributed by atoms with Gasteiger partial charge in [-0.15, -0.1) is 0 Å². The van der Waals surface area contributed by atoms with E-state index in [1.807, 2.05) is 0 Å². The quantitative estimate of drug-likeness (QED) is 0.837. The number of aliphatic carboxylic acids is 1. The summed E-state index contributed by atoms with van der Waals surface area (Å²) in [4.78, 5) is 12.3. The molecule has 0 aliphatic carbocycles. The van der Waals surface area contributed by atoms with Gasteiger partial charge in [-0.2, -0.15) is 0 Å². The third-order valence-corrected chi connectivity index (χ3v) is 2.73. The normalized spacial score (nSPS) is 14.6. The molecular weight excluding hydrogens is 242 g/mol. The number of benzene rings is 1. The second kappa shape index (κ2) is 5.88. The molecule has 4 nitrogen and oxygen atoms in total. The van der Waals surface area contributed by atoms with Crippen molar-refractivity contribution < 1.29 is 18.7 Å². The summed E-state index contributed by atoms with van der Waals surface area (Å²) in [5, 5.41) is 8.77. The predicted molar refractivity (Wildman–Crippen MR) is 63.0 cm³/mol. The SMILES string of the molecule is CN(C)C(CC(N)C(=O)O)c1cc(F)ccc1F. The summed E-state index contributed by atoms with van der Waals surface area (Å²) in [7, 11) is 3.31. The number of nitrogens with zero attached hydrogens (tertiary/aromatic N) is 1. The molecule has 0 spiro atoms. The molecule has 0 fully saturated rings. The Morgan fingerprint density at radius 3 is 2.56 bits per heavy atom. The van der Waals surface area contributed by atoms with Crippen LogP contribution in [0.25, 0.3) is 0 Å². The Morgan fingerprint density at radius 2 is 2.06 bits per heavy atom. The Kier molecular flexibility index (Phi) is 4.75. The Bertz CT molecular complexity index is 438. The van der Waals surface area contributed by atoms with E-state index in [1.54, 1.807) is 19.0 Å². The van der Waals surface area contributed by atoms with Crippen LogP contribution in [0.3, 0.4) is 0 Å². The second-order valence-electron chi connectivity index (χ2n) is 4.33. The smallest absolute Gasteiger partial charge is 0.320 e. The number of carboxylic acids is 1. The van der Waals surface area contributed by atoms with Crippen LogP contribution in [0.4, 0.5) is 8.78 Å². The van der Waals surface area contributed by atoms with E-state index < -0.39 is 29.7 Å². The van der Waals surface area contributed by atoms with E-state index in [4.69, 9.17) is 10.8 Å². The zero-order valence-corrected chi connectivity index (χ0v) is 10.2. The van der Waals surface area contributed by atoms with Crippen molar-refractivity contribution in [2.75, 3.05) is 14.1 Å². The van der Waals surface area contributed by atoms with E-state index >= 15 is 0 Å². The molecule has 2 unspecified atom stereocenters. The van der Waals surface area contributed by atoms with Crippen molar-refractivity contribution in [2.24, 2.45) is 5.73 Å². The molecule has 18 heavy (non-hydrogen) atoms. The number of hydrogen-bond acceptors (Lipinski definition) is 3. The molecular formula is C12H16F2N2O2. The van der Waals surface area contributed by atoms with Gasteiger partial charge in [0.2, 0.25) is 0 Å². The first-order valence-corrected chi connectivity index (χ1v) is 5.42. The van der Waals surface area contributed by atoms with Crippen molar-refractivity contribution in [1.82, 2.24) is 4.90 Å². The third-order valence-electron chi connectivity index (χ3n) is 2.73. The molecule has 2 atom stereocenters.